The van der Waals surface area contributed by atoms with Gasteiger partial charge in [-0.1, -0.05) is 13.8 Å². The highest BCUT2D eigenvalue weighted by Gasteiger charge is 2.16. The summed E-state index contributed by atoms with van der Waals surface area (Å²) in [6, 6.07) is 1.49. The molecular weight excluding hydrogens is 279 g/mol. The molecule has 0 saturated carbocycles. The molecule has 1 unspecified atom stereocenters. The normalized spacial score (nSPS) is 13.3. The number of hydrogen-bond donors (Lipinski definition) is 1. The lowest BCUT2D eigenvalue weighted by atomic mass is 10.0. The van der Waals surface area contributed by atoms with Crippen molar-refractivity contribution in [2.45, 2.75) is 39.2 Å². The zero-order valence-corrected chi connectivity index (χ0v) is 12.9. The minimum Gasteiger partial charge on any atom is -0.310 e. The second-order valence-electron chi connectivity index (χ2n) is 4.78. The second-order valence-corrected chi connectivity index (χ2v) is 7.26. The summed E-state index contributed by atoms with van der Waals surface area (Å²) in [4.78, 5) is 3.74. The number of halogens is 1. The Morgan fingerprint density at radius 2 is 2.15 bits per heavy atom. The van der Waals surface area contributed by atoms with Gasteiger partial charge in [0.25, 0.3) is 0 Å². The zero-order valence-electron chi connectivity index (χ0n) is 12.1. The van der Waals surface area contributed by atoms with Crippen LogP contribution in [0.2, 0.25) is 0 Å². The van der Waals surface area contributed by atoms with Gasteiger partial charge in [0.05, 0.1) is 11.9 Å². The second kappa shape index (κ2) is 8.32. The van der Waals surface area contributed by atoms with Crippen LogP contribution in [0, 0.1) is 5.82 Å². The highest BCUT2D eigenvalue weighted by atomic mass is 32.2. The SMILES string of the molecule is CCCNC(CCCS(=O)(=O)CC)c1ccncc1F. The fourth-order valence-corrected chi connectivity index (χ4v) is 2.90. The quantitative estimate of drug-likeness (QED) is 0.761. The topological polar surface area (TPSA) is 59.1 Å². The summed E-state index contributed by atoms with van der Waals surface area (Å²) in [5.41, 5.74) is 0.558. The molecule has 6 heteroatoms. The lowest BCUT2D eigenvalue weighted by Gasteiger charge is -2.19. The summed E-state index contributed by atoms with van der Waals surface area (Å²) in [7, 11) is -2.96. The van der Waals surface area contributed by atoms with Gasteiger partial charge in [-0.3, -0.25) is 4.98 Å². The molecule has 1 heterocycles. The first-order valence-corrected chi connectivity index (χ1v) is 8.85. The van der Waals surface area contributed by atoms with Crippen molar-refractivity contribution >= 4 is 9.84 Å². The first-order chi connectivity index (χ1) is 9.50. The Hall–Kier alpha value is -1.01. The first-order valence-electron chi connectivity index (χ1n) is 7.03. The van der Waals surface area contributed by atoms with E-state index >= 15 is 0 Å². The average molecular weight is 302 g/mol. The Morgan fingerprint density at radius 1 is 1.40 bits per heavy atom. The molecule has 1 aromatic heterocycles. The summed E-state index contributed by atoms with van der Waals surface area (Å²) in [5, 5.41) is 3.27. The predicted octanol–water partition coefficient (Wildman–Crippen LogP) is 2.48. The molecule has 0 aromatic carbocycles. The summed E-state index contributed by atoms with van der Waals surface area (Å²) in [5.74, 6) is -0.0380. The van der Waals surface area contributed by atoms with Crippen LogP contribution in [0.1, 0.15) is 44.7 Å². The molecule has 0 fully saturated rings. The number of aromatic nitrogens is 1. The molecule has 0 amide bonds. The van der Waals surface area contributed by atoms with Gasteiger partial charge in [0, 0.05) is 23.6 Å². The summed E-state index contributed by atoms with van der Waals surface area (Å²) in [6.07, 6.45) is 4.82. The van der Waals surface area contributed by atoms with E-state index in [1.54, 1.807) is 19.2 Å². The molecule has 1 atom stereocenters. The third kappa shape index (κ3) is 5.54. The fourth-order valence-electron chi connectivity index (χ4n) is 2.01. The molecule has 0 bridgehead atoms. The Bertz CT molecular complexity index is 506. The van der Waals surface area contributed by atoms with Crippen LogP contribution in [0.3, 0.4) is 0 Å². The van der Waals surface area contributed by atoms with Gasteiger partial charge in [-0.15, -0.1) is 0 Å². The third-order valence-corrected chi connectivity index (χ3v) is 5.00. The number of pyridine rings is 1. The predicted molar refractivity (Wildman–Crippen MR) is 78.8 cm³/mol. The van der Waals surface area contributed by atoms with Crippen molar-refractivity contribution in [3.8, 4) is 0 Å². The highest BCUT2D eigenvalue weighted by molar-refractivity contribution is 7.91. The van der Waals surface area contributed by atoms with Gasteiger partial charge in [0.15, 0.2) is 0 Å². The maximum Gasteiger partial charge on any atom is 0.150 e. The standard InChI is InChI=1S/C14H23FN2O2S/c1-3-8-17-14(6-5-10-20(18,19)4-2)12-7-9-16-11-13(12)15/h7,9,11,14,17H,3-6,8,10H2,1-2H3. The molecule has 1 rings (SSSR count). The van der Waals surface area contributed by atoms with E-state index in [1.807, 2.05) is 6.92 Å². The molecular formula is C14H23FN2O2S. The minimum atomic E-state index is -2.96. The minimum absolute atomic E-state index is 0.153. The van der Waals surface area contributed by atoms with Crippen molar-refractivity contribution in [3.05, 3.63) is 29.8 Å². The van der Waals surface area contributed by atoms with Crippen LogP contribution in [0.5, 0.6) is 0 Å². The van der Waals surface area contributed by atoms with Gasteiger partial charge >= 0.3 is 0 Å². The molecule has 0 radical (unpaired) electrons. The Kier molecular flexibility index (Phi) is 7.09. The molecule has 20 heavy (non-hydrogen) atoms. The smallest absolute Gasteiger partial charge is 0.150 e. The zero-order chi connectivity index (χ0) is 15.0. The molecule has 0 spiro atoms. The first kappa shape index (κ1) is 17.0. The highest BCUT2D eigenvalue weighted by Crippen LogP contribution is 2.21. The van der Waals surface area contributed by atoms with Crippen LogP contribution in [0.15, 0.2) is 18.5 Å². The number of sulfone groups is 1. The van der Waals surface area contributed by atoms with Gasteiger partial charge in [-0.05, 0) is 31.9 Å². The van der Waals surface area contributed by atoms with Crippen LogP contribution in [-0.4, -0.2) is 31.5 Å². The Balaban J connectivity index is 2.68. The maximum atomic E-state index is 13.8. The van der Waals surface area contributed by atoms with Crippen LogP contribution in [0.25, 0.3) is 0 Å². The Morgan fingerprint density at radius 3 is 2.75 bits per heavy atom. The molecule has 1 N–H and O–H groups in total. The average Bonchev–Trinajstić information content (AvgIpc) is 2.43. The van der Waals surface area contributed by atoms with Crippen LogP contribution < -0.4 is 5.32 Å². The molecule has 1 aromatic rings. The van der Waals surface area contributed by atoms with Crippen molar-refractivity contribution in [3.63, 3.8) is 0 Å². The van der Waals surface area contributed by atoms with Gasteiger partial charge in [0.1, 0.15) is 15.7 Å². The molecule has 0 saturated heterocycles. The van der Waals surface area contributed by atoms with Gasteiger partial charge in [-0.25, -0.2) is 12.8 Å². The van der Waals surface area contributed by atoms with Crippen molar-refractivity contribution in [1.29, 1.82) is 0 Å². The van der Waals surface area contributed by atoms with E-state index in [0.29, 0.717) is 18.4 Å². The van der Waals surface area contributed by atoms with E-state index in [-0.39, 0.29) is 23.4 Å². The van der Waals surface area contributed by atoms with Crippen molar-refractivity contribution in [1.82, 2.24) is 10.3 Å². The van der Waals surface area contributed by atoms with Crippen LogP contribution >= 0.6 is 0 Å². The van der Waals surface area contributed by atoms with Crippen molar-refractivity contribution in [2.75, 3.05) is 18.1 Å². The van der Waals surface area contributed by atoms with E-state index in [2.05, 4.69) is 10.3 Å². The van der Waals surface area contributed by atoms with E-state index in [0.717, 1.165) is 13.0 Å². The third-order valence-electron chi connectivity index (χ3n) is 3.21. The van der Waals surface area contributed by atoms with Crippen LogP contribution in [-0.2, 0) is 9.84 Å². The van der Waals surface area contributed by atoms with Gasteiger partial charge < -0.3 is 5.32 Å². The summed E-state index contributed by atoms with van der Waals surface area (Å²) in [6.45, 7) is 4.45. The van der Waals surface area contributed by atoms with Gasteiger partial charge in [-0.2, -0.15) is 0 Å². The number of nitrogens with one attached hydrogen (secondary N) is 1. The lowest BCUT2D eigenvalue weighted by molar-refractivity contribution is 0.467. The molecule has 0 aliphatic rings. The molecule has 0 aliphatic heterocycles. The number of hydrogen-bond acceptors (Lipinski definition) is 4. The summed E-state index contributed by atoms with van der Waals surface area (Å²) >= 11 is 0. The lowest BCUT2D eigenvalue weighted by Crippen LogP contribution is -2.24. The molecule has 114 valence electrons. The molecule has 0 aliphatic carbocycles. The van der Waals surface area contributed by atoms with Crippen molar-refractivity contribution in [2.24, 2.45) is 0 Å². The number of nitrogens with zero attached hydrogens (tertiary/aromatic N) is 1. The largest absolute Gasteiger partial charge is 0.310 e. The maximum absolute atomic E-state index is 13.8. The van der Waals surface area contributed by atoms with E-state index in [1.165, 1.54) is 6.20 Å². The van der Waals surface area contributed by atoms with E-state index < -0.39 is 9.84 Å². The van der Waals surface area contributed by atoms with E-state index in [9.17, 15) is 12.8 Å². The number of rotatable bonds is 9. The summed E-state index contributed by atoms with van der Waals surface area (Å²) < 4.78 is 36.8. The van der Waals surface area contributed by atoms with E-state index in [4.69, 9.17) is 0 Å². The van der Waals surface area contributed by atoms with Gasteiger partial charge in [0.2, 0.25) is 0 Å². The Labute approximate surface area is 120 Å². The monoisotopic (exact) mass is 302 g/mol. The van der Waals surface area contributed by atoms with Crippen LogP contribution in [0.4, 0.5) is 4.39 Å². The molecule has 4 nitrogen and oxygen atoms in total. The fraction of sp³-hybridized carbons (Fsp3) is 0.643. The van der Waals surface area contributed by atoms with Crippen molar-refractivity contribution < 1.29 is 12.8 Å².